The smallest absolute Gasteiger partial charge is 0.311 e. The molecule has 3 aromatic rings. The van der Waals surface area contributed by atoms with Gasteiger partial charge in [-0.05, 0) is 38.1 Å². The van der Waals surface area contributed by atoms with E-state index in [4.69, 9.17) is 9.68 Å². The zero-order valence-corrected chi connectivity index (χ0v) is 19.8. The number of benzene rings is 1. The number of hydrogen-bond donors (Lipinski definition) is 2. The molecule has 1 fully saturated rings. The molecule has 1 aliphatic rings. The van der Waals surface area contributed by atoms with Gasteiger partial charge in [-0.1, -0.05) is 0 Å². The number of nitrogens with zero attached hydrogens (tertiary/aromatic N) is 6. The molecular formula is C24H26N8O3. The maximum absolute atomic E-state index is 12.9. The molecule has 2 N–H and O–H groups in total. The van der Waals surface area contributed by atoms with Crippen LogP contribution in [-0.2, 0) is 4.79 Å². The average molecular weight is 475 g/mol. The predicted octanol–water partition coefficient (Wildman–Crippen LogP) is 2.87. The highest BCUT2D eigenvalue weighted by Gasteiger charge is 2.27. The van der Waals surface area contributed by atoms with Crippen molar-refractivity contribution in [1.82, 2.24) is 25.0 Å². The lowest BCUT2D eigenvalue weighted by molar-refractivity contribution is -0.130. The van der Waals surface area contributed by atoms with Crippen molar-refractivity contribution in [1.29, 1.82) is 5.26 Å². The van der Waals surface area contributed by atoms with Crippen molar-refractivity contribution in [3.8, 4) is 17.5 Å². The molecule has 4 rings (SSSR count). The molecule has 0 radical (unpaired) electrons. The van der Waals surface area contributed by atoms with E-state index in [1.54, 1.807) is 40.3 Å². The fourth-order valence-electron chi connectivity index (χ4n) is 3.68. The van der Waals surface area contributed by atoms with Gasteiger partial charge in [-0.3, -0.25) is 9.59 Å². The Balaban J connectivity index is 1.53. The summed E-state index contributed by atoms with van der Waals surface area (Å²) < 4.78 is 5.74. The Kier molecular flexibility index (Phi) is 6.91. The van der Waals surface area contributed by atoms with Gasteiger partial charge in [0.05, 0.1) is 22.9 Å². The van der Waals surface area contributed by atoms with Gasteiger partial charge in [0.25, 0.3) is 5.89 Å². The van der Waals surface area contributed by atoms with Crippen LogP contribution in [-0.4, -0.2) is 69.0 Å². The molecule has 1 saturated heterocycles. The lowest BCUT2D eigenvalue weighted by Gasteiger charge is -2.33. The molecule has 0 unspecified atom stereocenters. The van der Waals surface area contributed by atoms with Crippen LogP contribution in [0.2, 0.25) is 0 Å². The van der Waals surface area contributed by atoms with E-state index in [-0.39, 0.29) is 29.6 Å². The molecule has 1 aromatic carbocycles. The summed E-state index contributed by atoms with van der Waals surface area (Å²) in [6, 6.07) is 11.1. The first-order chi connectivity index (χ1) is 16.8. The van der Waals surface area contributed by atoms with E-state index < -0.39 is 0 Å². The third-order valence-electron chi connectivity index (χ3n) is 5.49. The molecule has 1 aliphatic heterocycles. The van der Waals surface area contributed by atoms with Crippen LogP contribution < -0.4 is 10.6 Å². The van der Waals surface area contributed by atoms with Crippen LogP contribution in [0, 0.1) is 11.3 Å². The highest BCUT2D eigenvalue weighted by atomic mass is 16.4. The molecule has 35 heavy (non-hydrogen) atoms. The highest BCUT2D eigenvalue weighted by Crippen LogP contribution is 2.30. The first kappa shape index (κ1) is 23.7. The normalized spacial score (nSPS) is 13.5. The van der Waals surface area contributed by atoms with Crippen molar-refractivity contribution in [3.63, 3.8) is 0 Å². The van der Waals surface area contributed by atoms with Gasteiger partial charge in [-0.25, -0.2) is 4.98 Å². The second-order valence-corrected chi connectivity index (χ2v) is 8.44. The summed E-state index contributed by atoms with van der Waals surface area (Å²) in [5.41, 5.74) is 2.64. The van der Waals surface area contributed by atoms with Gasteiger partial charge in [0.2, 0.25) is 5.91 Å². The number of nitrogens with one attached hydrogen (secondary N) is 2. The number of amides is 2. The molecular weight excluding hydrogens is 448 g/mol. The number of rotatable bonds is 6. The number of piperazine rings is 1. The van der Waals surface area contributed by atoms with Gasteiger partial charge < -0.3 is 24.9 Å². The first-order valence-corrected chi connectivity index (χ1v) is 11.3. The minimum absolute atomic E-state index is 0.00743. The minimum Gasteiger partial charge on any atom is -0.412 e. The fraction of sp³-hybridized carbons (Fsp3) is 0.333. The molecule has 11 heteroatoms. The molecule has 0 saturated carbocycles. The fourth-order valence-corrected chi connectivity index (χ4v) is 3.68. The molecule has 2 amide bonds. The van der Waals surface area contributed by atoms with E-state index in [0.717, 1.165) is 5.69 Å². The summed E-state index contributed by atoms with van der Waals surface area (Å²) in [4.78, 5) is 32.1. The number of pyridine rings is 1. The second kappa shape index (κ2) is 10.2. The van der Waals surface area contributed by atoms with Crippen molar-refractivity contribution in [3.05, 3.63) is 48.0 Å². The second-order valence-electron chi connectivity index (χ2n) is 8.44. The van der Waals surface area contributed by atoms with Gasteiger partial charge in [-0.2, -0.15) is 5.26 Å². The molecule has 180 valence electrons. The van der Waals surface area contributed by atoms with Crippen molar-refractivity contribution >= 4 is 29.0 Å². The lowest BCUT2D eigenvalue weighted by atomic mass is 10.2. The van der Waals surface area contributed by atoms with Crippen LogP contribution in [0.1, 0.15) is 37.0 Å². The maximum atomic E-state index is 12.9. The quantitative estimate of drug-likeness (QED) is 0.552. The Morgan fingerprint density at radius 3 is 2.40 bits per heavy atom. The number of anilines is 3. The third-order valence-corrected chi connectivity index (χ3v) is 5.49. The summed E-state index contributed by atoms with van der Waals surface area (Å²) in [5.74, 6) is 0.285. The van der Waals surface area contributed by atoms with Crippen LogP contribution >= 0.6 is 0 Å². The summed E-state index contributed by atoms with van der Waals surface area (Å²) in [6.45, 7) is 7.29. The zero-order chi connectivity index (χ0) is 24.9. The number of aromatic nitrogens is 3. The summed E-state index contributed by atoms with van der Waals surface area (Å²) >= 11 is 0. The molecule has 11 nitrogen and oxygen atoms in total. The predicted molar refractivity (Wildman–Crippen MR) is 129 cm³/mol. The van der Waals surface area contributed by atoms with Crippen molar-refractivity contribution in [2.24, 2.45) is 0 Å². The largest absolute Gasteiger partial charge is 0.412 e. The van der Waals surface area contributed by atoms with Crippen LogP contribution in [0.4, 0.5) is 17.2 Å². The van der Waals surface area contributed by atoms with Gasteiger partial charge >= 0.3 is 11.8 Å². The Morgan fingerprint density at radius 1 is 1.09 bits per heavy atom. The lowest BCUT2D eigenvalue weighted by Crippen LogP contribution is -2.50. The Morgan fingerprint density at radius 2 is 1.77 bits per heavy atom. The zero-order valence-electron chi connectivity index (χ0n) is 19.8. The van der Waals surface area contributed by atoms with Crippen LogP contribution in [0.15, 0.2) is 40.9 Å². The van der Waals surface area contributed by atoms with Gasteiger partial charge in [0.1, 0.15) is 5.82 Å². The number of carbonyl (C=O) groups is 2. The Hall–Kier alpha value is -4.46. The highest BCUT2D eigenvalue weighted by molar-refractivity contribution is 5.90. The maximum Gasteiger partial charge on any atom is 0.311 e. The monoisotopic (exact) mass is 474 g/mol. The van der Waals surface area contributed by atoms with E-state index in [1.807, 2.05) is 19.9 Å². The van der Waals surface area contributed by atoms with Gasteiger partial charge in [0.15, 0.2) is 0 Å². The Bertz CT molecular complexity index is 1250. The van der Waals surface area contributed by atoms with E-state index in [0.29, 0.717) is 48.8 Å². The summed E-state index contributed by atoms with van der Waals surface area (Å²) in [5, 5.41) is 23.6. The minimum atomic E-state index is -0.364. The summed E-state index contributed by atoms with van der Waals surface area (Å²) in [7, 11) is 0. The number of carbonyl (C=O) groups excluding carboxylic acids is 2. The molecule has 0 spiro atoms. The summed E-state index contributed by atoms with van der Waals surface area (Å²) in [6.07, 6.45) is 1.60. The Labute approximate surface area is 202 Å². The number of nitriles is 1. The SMILES string of the molecule is CC(=O)N1CCN(C(=O)c2nnc(-c3cnc(Nc4ccc(C#N)cc4)cc3NC(C)C)o2)CC1. The first-order valence-electron chi connectivity index (χ1n) is 11.3. The van der Waals surface area contributed by atoms with E-state index in [2.05, 4.69) is 31.9 Å². The molecule has 3 heterocycles. The van der Waals surface area contributed by atoms with Crippen LogP contribution in [0.3, 0.4) is 0 Å². The molecule has 2 aromatic heterocycles. The molecule has 0 aliphatic carbocycles. The average Bonchev–Trinajstić information content (AvgIpc) is 3.34. The van der Waals surface area contributed by atoms with Crippen molar-refractivity contribution < 1.29 is 14.0 Å². The van der Waals surface area contributed by atoms with E-state index >= 15 is 0 Å². The van der Waals surface area contributed by atoms with Gasteiger partial charge in [0, 0.05) is 57.1 Å². The standard InChI is InChI=1S/C24H26N8O3/c1-15(2)27-20-12-21(28-18-6-4-17(13-25)5-7-18)26-14-19(20)22-29-30-23(35-22)24(34)32-10-8-31(9-11-32)16(3)33/h4-7,12,14-15H,8-11H2,1-3H3,(H2,26,27,28). The van der Waals surface area contributed by atoms with Crippen molar-refractivity contribution in [2.75, 3.05) is 36.8 Å². The van der Waals surface area contributed by atoms with Crippen molar-refractivity contribution in [2.45, 2.75) is 26.8 Å². The van der Waals surface area contributed by atoms with Crippen LogP contribution in [0.5, 0.6) is 0 Å². The van der Waals surface area contributed by atoms with E-state index in [1.165, 1.54) is 6.92 Å². The van der Waals surface area contributed by atoms with E-state index in [9.17, 15) is 9.59 Å². The van der Waals surface area contributed by atoms with Crippen LogP contribution in [0.25, 0.3) is 11.5 Å². The topological polar surface area (TPSA) is 140 Å². The molecule has 0 atom stereocenters. The molecule has 0 bridgehead atoms. The third kappa shape index (κ3) is 5.55. The van der Waals surface area contributed by atoms with Gasteiger partial charge in [-0.15, -0.1) is 10.2 Å². The number of hydrogen-bond acceptors (Lipinski definition) is 9.